The van der Waals surface area contributed by atoms with Crippen molar-refractivity contribution in [3.8, 4) is 0 Å². The van der Waals surface area contributed by atoms with E-state index in [1.807, 2.05) is 21.1 Å². The molecule has 0 aromatic heterocycles. The lowest BCUT2D eigenvalue weighted by molar-refractivity contribution is -0.870. The molecule has 2 atom stereocenters. The molecule has 0 saturated heterocycles. The Morgan fingerprint density at radius 3 is 1.74 bits per heavy atom. The molecule has 2 N–H and O–H groups in total. The Morgan fingerprint density at radius 2 is 1.31 bits per heavy atom. The zero-order chi connectivity index (χ0) is 26.4. The molecule has 0 aliphatic carbocycles. The standard InChI is InChI=1S/C26H55N2O6P/c1-5-6-7-8-9-10-11-12-13-14-15-16-17-18-19-20-26(30)27-25(23-29)24-34-35(31,32)33-22-21-28(2,3)4/h25,29H,5-24H2,1-4H3,(H-,27,30,31,32). The highest BCUT2D eigenvalue weighted by Crippen LogP contribution is 2.38. The van der Waals surface area contributed by atoms with Gasteiger partial charge in [0.05, 0.1) is 40.4 Å². The molecule has 0 aromatic rings. The number of nitrogens with zero attached hydrogens (tertiary/aromatic N) is 1. The van der Waals surface area contributed by atoms with Gasteiger partial charge in [0.15, 0.2) is 0 Å². The predicted molar refractivity (Wildman–Crippen MR) is 141 cm³/mol. The summed E-state index contributed by atoms with van der Waals surface area (Å²) in [6.07, 6.45) is 19.4. The molecule has 0 spiro atoms. The lowest BCUT2D eigenvalue weighted by atomic mass is 10.0. The normalized spacial score (nSPS) is 14.6. The van der Waals surface area contributed by atoms with Crippen LogP contribution in [-0.2, 0) is 18.4 Å². The third kappa shape index (κ3) is 25.0. The van der Waals surface area contributed by atoms with Crippen molar-refractivity contribution in [2.24, 2.45) is 0 Å². The molecule has 0 aliphatic rings. The second-order valence-corrected chi connectivity index (χ2v) is 12.1. The number of hydrogen-bond acceptors (Lipinski definition) is 6. The topological polar surface area (TPSA) is 108 Å². The molecule has 0 bridgehead atoms. The quantitative estimate of drug-likeness (QED) is 0.1000. The lowest BCUT2D eigenvalue weighted by Crippen LogP contribution is -2.41. The average Bonchev–Trinajstić information content (AvgIpc) is 2.78. The highest BCUT2D eigenvalue weighted by Gasteiger charge is 2.17. The largest absolute Gasteiger partial charge is 0.756 e. The first kappa shape index (κ1) is 34.5. The van der Waals surface area contributed by atoms with Crippen LogP contribution in [0.5, 0.6) is 0 Å². The number of unbranched alkanes of at least 4 members (excludes halogenated alkanes) is 14. The third-order valence-electron chi connectivity index (χ3n) is 6.04. The second kappa shape index (κ2) is 21.6. The molecule has 0 fully saturated rings. The molecule has 9 heteroatoms. The van der Waals surface area contributed by atoms with Gasteiger partial charge in [0.25, 0.3) is 7.82 Å². The molecule has 0 aromatic carbocycles. The summed E-state index contributed by atoms with van der Waals surface area (Å²) in [5.41, 5.74) is 0. The summed E-state index contributed by atoms with van der Waals surface area (Å²) in [6.45, 7) is 2.04. The predicted octanol–water partition coefficient (Wildman–Crippen LogP) is 4.93. The number of hydrogen-bond donors (Lipinski definition) is 2. The Kier molecular flexibility index (Phi) is 21.3. The molecule has 8 nitrogen and oxygen atoms in total. The van der Waals surface area contributed by atoms with Crippen molar-refractivity contribution in [3.05, 3.63) is 0 Å². The second-order valence-electron chi connectivity index (χ2n) is 10.7. The molecule has 1 amide bonds. The summed E-state index contributed by atoms with van der Waals surface area (Å²) >= 11 is 0. The van der Waals surface area contributed by atoms with Gasteiger partial charge in [0.2, 0.25) is 5.91 Å². The zero-order valence-electron chi connectivity index (χ0n) is 23.1. The van der Waals surface area contributed by atoms with Crippen molar-refractivity contribution in [1.82, 2.24) is 5.32 Å². The van der Waals surface area contributed by atoms with Crippen LogP contribution in [0.15, 0.2) is 0 Å². The van der Waals surface area contributed by atoms with Gasteiger partial charge in [0.1, 0.15) is 13.2 Å². The van der Waals surface area contributed by atoms with Crippen molar-refractivity contribution in [1.29, 1.82) is 0 Å². The maximum absolute atomic E-state index is 12.1. The minimum Gasteiger partial charge on any atom is -0.756 e. The van der Waals surface area contributed by atoms with Crippen LogP contribution in [0.3, 0.4) is 0 Å². The smallest absolute Gasteiger partial charge is 0.268 e. The number of aliphatic hydroxyl groups is 1. The summed E-state index contributed by atoms with van der Waals surface area (Å²) in [6, 6.07) is -0.775. The molecular formula is C26H55N2O6P. The Hall–Kier alpha value is -0.500. The van der Waals surface area contributed by atoms with E-state index in [1.54, 1.807) is 0 Å². The number of phosphoric acid groups is 1. The van der Waals surface area contributed by atoms with Gasteiger partial charge in [-0.05, 0) is 6.42 Å². The number of carbonyl (C=O) groups excluding carboxylic acids is 1. The van der Waals surface area contributed by atoms with E-state index < -0.39 is 20.5 Å². The van der Waals surface area contributed by atoms with Gasteiger partial charge in [-0.1, -0.05) is 96.8 Å². The Balaban J connectivity index is 3.68. The Labute approximate surface area is 215 Å². The van der Waals surface area contributed by atoms with E-state index in [1.165, 1.54) is 77.0 Å². The van der Waals surface area contributed by atoms with Crippen LogP contribution in [0, 0.1) is 0 Å². The number of nitrogens with one attached hydrogen (secondary N) is 1. The summed E-state index contributed by atoms with van der Waals surface area (Å²) in [5, 5.41) is 12.1. The SMILES string of the molecule is CCCCCCCCCCCCCCCCCC(=O)NC(CO)COP(=O)([O-])OCC[N+](C)(C)C. The van der Waals surface area contributed by atoms with E-state index >= 15 is 0 Å². The van der Waals surface area contributed by atoms with Crippen LogP contribution >= 0.6 is 7.82 Å². The fraction of sp³-hybridized carbons (Fsp3) is 0.962. The van der Waals surface area contributed by atoms with E-state index in [9.17, 15) is 19.4 Å². The van der Waals surface area contributed by atoms with Crippen LogP contribution in [0.4, 0.5) is 0 Å². The average molecular weight is 523 g/mol. The van der Waals surface area contributed by atoms with Crippen LogP contribution in [0.25, 0.3) is 0 Å². The first-order valence-corrected chi connectivity index (χ1v) is 15.4. The lowest BCUT2D eigenvalue weighted by Gasteiger charge is -2.28. The minimum absolute atomic E-state index is 0.0135. The van der Waals surface area contributed by atoms with Crippen LogP contribution in [-0.4, -0.2) is 69.0 Å². The fourth-order valence-electron chi connectivity index (χ4n) is 3.74. The third-order valence-corrected chi connectivity index (χ3v) is 7.00. The van der Waals surface area contributed by atoms with Gasteiger partial charge in [0, 0.05) is 6.42 Å². The summed E-state index contributed by atoms with van der Waals surface area (Å²) in [7, 11) is 1.31. The molecule has 0 rings (SSSR count). The molecule has 0 saturated carbocycles. The van der Waals surface area contributed by atoms with Crippen molar-refractivity contribution in [3.63, 3.8) is 0 Å². The maximum Gasteiger partial charge on any atom is 0.268 e. The van der Waals surface area contributed by atoms with Gasteiger partial charge in [-0.2, -0.15) is 0 Å². The van der Waals surface area contributed by atoms with Gasteiger partial charge in [-0.15, -0.1) is 0 Å². The molecule has 210 valence electrons. The molecular weight excluding hydrogens is 467 g/mol. The summed E-state index contributed by atoms with van der Waals surface area (Å²) in [4.78, 5) is 23.9. The van der Waals surface area contributed by atoms with Crippen molar-refractivity contribution in [2.75, 3.05) is 47.5 Å². The van der Waals surface area contributed by atoms with E-state index in [2.05, 4.69) is 12.2 Å². The maximum atomic E-state index is 12.1. The molecule has 0 aliphatic heterocycles. The Bertz CT molecular complexity index is 556. The number of aliphatic hydroxyl groups excluding tert-OH is 1. The van der Waals surface area contributed by atoms with Crippen LogP contribution in [0.1, 0.15) is 110 Å². The number of carbonyl (C=O) groups is 1. The highest BCUT2D eigenvalue weighted by atomic mass is 31.2. The Morgan fingerprint density at radius 1 is 0.857 bits per heavy atom. The van der Waals surface area contributed by atoms with Crippen molar-refractivity contribution >= 4 is 13.7 Å². The fourth-order valence-corrected chi connectivity index (χ4v) is 4.48. The first-order chi connectivity index (χ1) is 16.6. The van der Waals surface area contributed by atoms with Gasteiger partial charge in [-0.3, -0.25) is 9.36 Å². The van der Waals surface area contributed by atoms with Crippen molar-refractivity contribution < 1.29 is 32.9 Å². The number of phosphoric ester groups is 1. The van der Waals surface area contributed by atoms with E-state index in [0.717, 1.165) is 19.3 Å². The number of amides is 1. The monoisotopic (exact) mass is 522 g/mol. The van der Waals surface area contributed by atoms with Gasteiger partial charge >= 0.3 is 0 Å². The van der Waals surface area contributed by atoms with Crippen molar-refractivity contribution in [2.45, 2.75) is 116 Å². The zero-order valence-corrected chi connectivity index (χ0v) is 24.0. The van der Waals surface area contributed by atoms with Gasteiger partial charge < -0.3 is 28.8 Å². The summed E-state index contributed by atoms with van der Waals surface area (Å²) in [5.74, 6) is -0.200. The molecule has 35 heavy (non-hydrogen) atoms. The number of likely N-dealkylation sites (N-methyl/N-ethyl adjacent to an activating group) is 1. The van der Waals surface area contributed by atoms with E-state index in [-0.39, 0.29) is 19.1 Å². The molecule has 0 heterocycles. The van der Waals surface area contributed by atoms with E-state index in [0.29, 0.717) is 17.4 Å². The van der Waals surface area contributed by atoms with Crippen LogP contribution < -0.4 is 10.2 Å². The van der Waals surface area contributed by atoms with E-state index in [4.69, 9.17) is 9.05 Å². The van der Waals surface area contributed by atoms with Gasteiger partial charge in [-0.25, -0.2) is 0 Å². The minimum atomic E-state index is -4.47. The summed E-state index contributed by atoms with van der Waals surface area (Å²) < 4.78 is 22.1. The van der Waals surface area contributed by atoms with Crippen LogP contribution in [0.2, 0.25) is 0 Å². The molecule has 2 unspecified atom stereocenters. The molecule has 0 radical (unpaired) electrons. The number of quaternary nitrogens is 1. The first-order valence-electron chi connectivity index (χ1n) is 13.9. The number of rotatable bonds is 25. The highest BCUT2D eigenvalue weighted by molar-refractivity contribution is 7.45.